The Morgan fingerprint density at radius 2 is 1.61 bits per heavy atom. The van der Waals surface area contributed by atoms with Crippen LogP contribution >= 0.6 is 0 Å². The molecule has 1 unspecified atom stereocenters. The molecule has 1 atom stereocenters. The summed E-state index contributed by atoms with van der Waals surface area (Å²) in [5, 5.41) is 0. The number of esters is 1. The molecule has 0 heterocycles. The molecule has 0 rings (SSSR count). The lowest BCUT2D eigenvalue weighted by Gasteiger charge is -2.32. The van der Waals surface area contributed by atoms with E-state index in [0.717, 1.165) is 0 Å². The summed E-state index contributed by atoms with van der Waals surface area (Å²) < 4.78 is 9.94. The minimum Gasteiger partial charge on any atom is -0.466 e. The van der Waals surface area contributed by atoms with Crippen LogP contribution in [0.15, 0.2) is 0 Å². The highest BCUT2D eigenvalue weighted by molar-refractivity contribution is 5.73. The van der Waals surface area contributed by atoms with Crippen LogP contribution in [0.2, 0.25) is 0 Å². The van der Waals surface area contributed by atoms with Crippen LogP contribution in [0.4, 0.5) is 4.79 Å². The lowest BCUT2D eigenvalue weighted by Crippen LogP contribution is -2.44. The monoisotopic (exact) mass is 259 g/mol. The number of nitrogens with zero attached hydrogens (tertiary/aromatic N) is 1. The molecule has 0 bridgehead atoms. The summed E-state index contributed by atoms with van der Waals surface area (Å²) >= 11 is 0. The van der Waals surface area contributed by atoms with Crippen molar-refractivity contribution in [3.63, 3.8) is 0 Å². The first kappa shape index (κ1) is 16.7. The van der Waals surface area contributed by atoms with Gasteiger partial charge in [0.25, 0.3) is 0 Å². The van der Waals surface area contributed by atoms with E-state index in [4.69, 9.17) is 9.47 Å². The van der Waals surface area contributed by atoms with Crippen LogP contribution in [-0.2, 0) is 14.3 Å². The van der Waals surface area contributed by atoms with Gasteiger partial charge in [-0.3, -0.25) is 4.79 Å². The number of ether oxygens (including phenoxy) is 2. The van der Waals surface area contributed by atoms with E-state index in [1.165, 1.54) is 0 Å². The second-order valence-corrected chi connectivity index (χ2v) is 4.31. The van der Waals surface area contributed by atoms with Crippen molar-refractivity contribution in [2.45, 2.75) is 47.1 Å². The Hall–Kier alpha value is -1.26. The summed E-state index contributed by atoms with van der Waals surface area (Å²) in [4.78, 5) is 25.0. The summed E-state index contributed by atoms with van der Waals surface area (Å²) in [5.41, 5.74) is 0. The van der Waals surface area contributed by atoms with Gasteiger partial charge in [-0.1, -0.05) is 13.8 Å². The molecule has 0 aromatic rings. The van der Waals surface area contributed by atoms with Crippen LogP contribution in [0.1, 0.15) is 41.0 Å². The van der Waals surface area contributed by atoms with Gasteiger partial charge >= 0.3 is 12.1 Å². The van der Waals surface area contributed by atoms with Gasteiger partial charge < -0.3 is 14.4 Å². The number of carbonyl (C=O) groups is 2. The Balaban J connectivity index is 4.72. The minimum atomic E-state index is -0.372. The van der Waals surface area contributed by atoms with Crippen molar-refractivity contribution in [2.75, 3.05) is 19.8 Å². The quantitative estimate of drug-likeness (QED) is 0.659. The Labute approximate surface area is 109 Å². The van der Waals surface area contributed by atoms with Gasteiger partial charge in [-0.25, -0.2) is 4.79 Å². The molecular formula is C13H25NO4. The zero-order valence-electron chi connectivity index (χ0n) is 12.1. The molecule has 18 heavy (non-hydrogen) atoms. The standard InChI is InChI=1S/C13H25NO4/c1-6-14(13(16)18-8-3)11(10(4)5)9-12(15)17-7-2/h10-11H,6-9H2,1-5H3. The van der Waals surface area contributed by atoms with E-state index in [-0.39, 0.29) is 30.4 Å². The van der Waals surface area contributed by atoms with Crippen LogP contribution < -0.4 is 0 Å². The van der Waals surface area contributed by atoms with Crippen LogP contribution in [0, 0.1) is 5.92 Å². The molecule has 0 N–H and O–H groups in total. The van der Waals surface area contributed by atoms with Crippen molar-refractivity contribution < 1.29 is 19.1 Å². The number of rotatable bonds is 7. The average molecular weight is 259 g/mol. The van der Waals surface area contributed by atoms with Crippen molar-refractivity contribution in [3.05, 3.63) is 0 Å². The molecule has 0 aliphatic rings. The van der Waals surface area contributed by atoms with Gasteiger partial charge in [0.2, 0.25) is 0 Å². The summed E-state index contributed by atoms with van der Waals surface area (Å²) in [6.45, 7) is 10.6. The lowest BCUT2D eigenvalue weighted by molar-refractivity contribution is -0.144. The first-order valence-electron chi connectivity index (χ1n) is 6.56. The number of hydrogen-bond acceptors (Lipinski definition) is 4. The predicted octanol–water partition coefficient (Wildman–Crippen LogP) is 2.44. The molecule has 0 aromatic heterocycles. The maximum Gasteiger partial charge on any atom is 0.410 e. The zero-order chi connectivity index (χ0) is 14.1. The van der Waals surface area contributed by atoms with E-state index in [2.05, 4.69) is 0 Å². The van der Waals surface area contributed by atoms with Crippen molar-refractivity contribution in [1.29, 1.82) is 0 Å². The normalized spacial score (nSPS) is 12.1. The average Bonchev–Trinajstić information content (AvgIpc) is 2.29. The number of hydrogen-bond donors (Lipinski definition) is 0. The third kappa shape index (κ3) is 5.38. The minimum absolute atomic E-state index is 0.166. The maximum atomic E-state index is 11.8. The molecule has 0 spiro atoms. The Kier molecular flexibility index (Phi) is 8.16. The number of amides is 1. The maximum absolute atomic E-state index is 11.8. The first-order chi connectivity index (χ1) is 8.47. The Morgan fingerprint density at radius 1 is 1.06 bits per heavy atom. The van der Waals surface area contributed by atoms with Crippen LogP contribution in [0.3, 0.4) is 0 Å². The van der Waals surface area contributed by atoms with Crippen molar-refractivity contribution in [1.82, 2.24) is 4.90 Å². The van der Waals surface area contributed by atoms with Gasteiger partial charge in [-0.15, -0.1) is 0 Å². The summed E-state index contributed by atoms with van der Waals surface area (Å²) in [6, 6.07) is -0.187. The molecule has 1 amide bonds. The van der Waals surface area contributed by atoms with Crippen molar-refractivity contribution >= 4 is 12.1 Å². The highest BCUT2D eigenvalue weighted by atomic mass is 16.6. The van der Waals surface area contributed by atoms with E-state index in [1.807, 2.05) is 20.8 Å². The van der Waals surface area contributed by atoms with Gasteiger partial charge in [-0.2, -0.15) is 0 Å². The SMILES string of the molecule is CCOC(=O)CC(C(C)C)N(CC)C(=O)OCC. The highest BCUT2D eigenvalue weighted by Gasteiger charge is 2.28. The predicted molar refractivity (Wildman–Crippen MR) is 69.3 cm³/mol. The molecule has 0 aromatic carbocycles. The molecule has 0 saturated carbocycles. The van der Waals surface area contributed by atoms with Gasteiger partial charge in [0.15, 0.2) is 0 Å². The molecule has 5 heteroatoms. The third-order valence-electron chi connectivity index (χ3n) is 2.69. The van der Waals surface area contributed by atoms with E-state index in [1.54, 1.807) is 18.7 Å². The molecule has 0 aliphatic carbocycles. The fourth-order valence-electron chi connectivity index (χ4n) is 1.80. The van der Waals surface area contributed by atoms with Crippen molar-refractivity contribution in [3.8, 4) is 0 Å². The number of carbonyl (C=O) groups excluding carboxylic acids is 2. The zero-order valence-corrected chi connectivity index (χ0v) is 12.1. The van der Waals surface area contributed by atoms with Gasteiger partial charge in [0, 0.05) is 12.6 Å². The largest absolute Gasteiger partial charge is 0.466 e. The second-order valence-electron chi connectivity index (χ2n) is 4.31. The summed E-state index contributed by atoms with van der Waals surface area (Å²) in [7, 11) is 0. The molecule has 0 radical (unpaired) electrons. The molecule has 106 valence electrons. The van der Waals surface area contributed by atoms with Gasteiger partial charge in [-0.05, 0) is 26.7 Å². The third-order valence-corrected chi connectivity index (χ3v) is 2.69. The first-order valence-corrected chi connectivity index (χ1v) is 6.56. The molecule has 0 aliphatic heterocycles. The van der Waals surface area contributed by atoms with Gasteiger partial charge in [0.05, 0.1) is 19.6 Å². The topological polar surface area (TPSA) is 55.8 Å². The fourth-order valence-corrected chi connectivity index (χ4v) is 1.80. The van der Waals surface area contributed by atoms with E-state index >= 15 is 0 Å². The molecule has 0 saturated heterocycles. The van der Waals surface area contributed by atoms with E-state index in [0.29, 0.717) is 19.8 Å². The van der Waals surface area contributed by atoms with Gasteiger partial charge in [0.1, 0.15) is 0 Å². The molecule has 0 fully saturated rings. The highest BCUT2D eigenvalue weighted by Crippen LogP contribution is 2.16. The lowest BCUT2D eigenvalue weighted by atomic mass is 9.99. The van der Waals surface area contributed by atoms with Crippen LogP contribution in [0.25, 0.3) is 0 Å². The fraction of sp³-hybridized carbons (Fsp3) is 0.846. The van der Waals surface area contributed by atoms with Crippen LogP contribution in [0.5, 0.6) is 0 Å². The van der Waals surface area contributed by atoms with E-state index in [9.17, 15) is 9.59 Å². The molecule has 5 nitrogen and oxygen atoms in total. The molecular weight excluding hydrogens is 234 g/mol. The Morgan fingerprint density at radius 3 is 2.00 bits per heavy atom. The van der Waals surface area contributed by atoms with Crippen molar-refractivity contribution in [2.24, 2.45) is 5.92 Å². The van der Waals surface area contributed by atoms with Crippen LogP contribution in [-0.4, -0.2) is 42.8 Å². The summed E-state index contributed by atoms with van der Waals surface area (Å²) in [6.07, 6.45) is -0.166. The summed E-state index contributed by atoms with van der Waals surface area (Å²) in [5.74, 6) is -0.113. The van der Waals surface area contributed by atoms with E-state index < -0.39 is 0 Å². The smallest absolute Gasteiger partial charge is 0.410 e. The Bertz CT molecular complexity index is 266. The second kappa shape index (κ2) is 8.78.